The molecule has 5 nitrogen and oxygen atoms in total. The van der Waals surface area contributed by atoms with Crippen molar-refractivity contribution < 1.29 is 26.4 Å². The fourth-order valence-corrected chi connectivity index (χ4v) is 3.14. The normalized spacial score (nSPS) is 11.9. The van der Waals surface area contributed by atoms with Gasteiger partial charge in [-0.15, -0.1) is 0 Å². The van der Waals surface area contributed by atoms with Gasteiger partial charge in [-0.2, -0.15) is 13.2 Å². The van der Waals surface area contributed by atoms with Crippen molar-refractivity contribution in [1.82, 2.24) is 0 Å². The van der Waals surface area contributed by atoms with Crippen LogP contribution in [0.1, 0.15) is 15.9 Å². The Kier molecular flexibility index (Phi) is 5.45. The van der Waals surface area contributed by atoms with E-state index < -0.39 is 27.7 Å². The van der Waals surface area contributed by atoms with Crippen molar-refractivity contribution in [2.45, 2.75) is 11.1 Å². The van der Waals surface area contributed by atoms with E-state index in [0.717, 1.165) is 12.1 Å². The number of sulfonamides is 1. The quantitative estimate of drug-likeness (QED) is 0.661. The zero-order valence-corrected chi connectivity index (χ0v) is 15.6. The maximum absolute atomic E-state index is 12.9. The SMILES string of the molecule is NS(=O)(=O)c1ccc(C(=O)Nc2ccc(-c3cccc(C(F)(F)F)c3)cc2)cc1. The fraction of sp³-hybridized carbons (Fsp3) is 0.0500. The van der Waals surface area contributed by atoms with Crippen molar-refractivity contribution in [3.63, 3.8) is 0 Å². The van der Waals surface area contributed by atoms with Crippen molar-refractivity contribution in [1.29, 1.82) is 0 Å². The molecular weight excluding hydrogens is 405 g/mol. The summed E-state index contributed by atoms with van der Waals surface area (Å²) in [6, 6.07) is 16.4. The smallest absolute Gasteiger partial charge is 0.322 e. The number of nitrogens with two attached hydrogens (primary N) is 1. The predicted molar refractivity (Wildman–Crippen MR) is 103 cm³/mol. The largest absolute Gasteiger partial charge is 0.416 e. The van der Waals surface area contributed by atoms with Gasteiger partial charge in [0.25, 0.3) is 5.91 Å². The van der Waals surface area contributed by atoms with Gasteiger partial charge < -0.3 is 5.32 Å². The zero-order chi connectivity index (χ0) is 21.2. The molecule has 3 N–H and O–H groups in total. The first kappa shape index (κ1) is 20.6. The summed E-state index contributed by atoms with van der Waals surface area (Å²) in [7, 11) is -3.85. The Hall–Kier alpha value is -3.17. The third kappa shape index (κ3) is 5.01. The molecule has 0 fully saturated rings. The van der Waals surface area contributed by atoms with Crippen LogP contribution in [-0.4, -0.2) is 14.3 Å². The third-order valence-electron chi connectivity index (χ3n) is 4.11. The van der Waals surface area contributed by atoms with Gasteiger partial charge in [0.1, 0.15) is 0 Å². The average Bonchev–Trinajstić information content (AvgIpc) is 2.67. The Bertz CT molecular complexity index is 1140. The molecule has 0 unspecified atom stereocenters. The van der Waals surface area contributed by atoms with E-state index in [4.69, 9.17) is 5.14 Å². The molecule has 0 aliphatic rings. The van der Waals surface area contributed by atoms with Crippen molar-refractivity contribution >= 4 is 21.6 Å². The molecule has 0 saturated heterocycles. The van der Waals surface area contributed by atoms with Gasteiger partial charge >= 0.3 is 6.18 Å². The average molecular weight is 420 g/mol. The maximum Gasteiger partial charge on any atom is 0.416 e. The topological polar surface area (TPSA) is 89.3 Å². The minimum atomic E-state index is -4.43. The molecule has 0 aliphatic carbocycles. The minimum absolute atomic E-state index is 0.112. The summed E-state index contributed by atoms with van der Waals surface area (Å²) in [5.74, 6) is -0.474. The van der Waals surface area contributed by atoms with Crippen LogP contribution in [0.5, 0.6) is 0 Å². The van der Waals surface area contributed by atoms with Gasteiger partial charge in [0.05, 0.1) is 10.5 Å². The first-order valence-corrected chi connectivity index (χ1v) is 9.80. The van der Waals surface area contributed by atoms with Crippen LogP contribution in [-0.2, 0) is 16.2 Å². The molecule has 3 aromatic rings. The van der Waals surface area contributed by atoms with E-state index in [1.807, 2.05) is 0 Å². The first-order valence-electron chi connectivity index (χ1n) is 8.26. The lowest BCUT2D eigenvalue weighted by Crippen LogP contribution is -2.14. The number of halogens is 3. The lowest BCUT2D eigenvalue weighted by molar-refractivity contribution is -0.137. The van der Waals surface area contributed by atoms with Gasteiger partial charge in [0.15, 0.2) is 0 Å². The summed E-state index contributed by atoms with van der Waals surface area (Å²) < 4.78 is 61.1. The second-order valence-corrected chi connectivity index (χ2v) is 7.74. The van der Waals surface area contributed by atoms with E-state index in [0.29, 0.717) is 16.8 Å². The van der Waals surface area contributed by atoms with Crippen LogP contribution in [0, 0.1) is 0 Å². The minimum Gasteiger partial charge on any atom is -0.322 e. The molecule has 1 amide bonds. The van der Waals surface area contributed by atoms with Crippen LogP contribution in [0.3, 0.4) is 0 Å². The highest BCUT2D eigenvalue weighted by Crippen LogP contribution is 2.32. The van der Waals surface area contributed by atoms with Crippen molar-refractivity contribution in [2.75, 3.05) is 5.32 Å². The second kappa shape index (κ2) is 7.69. The van der Waals surface area contributed by atoms with Gasteiger partial charge in [-0.3, -0.25) is 4.79 Å². The number of hydrogen-bond acceptors (Lipinski definition) is 3. The van der Waals surface area contributed by atoms with E-state index in [-0.39, 0.29) is 10.5 Å². The molecule has 3 aromatic carbocycles. The van der Waals surface area contributed by atoms with E-state index in [9.17, 15) is 26.4 Å². The number of rotatable bonds is 4. The van der Waals surface area contributed by atoms with Crippen LogP contribution < -0.4 is 10.5 Å². The lowest BCUT2D eigenvalue weighted by Gasteiger charge is -2.10. The van der Waals surface area contributed by atoms with Gasteiger partial charge in [-0.25, -0.2) is 13.6 Å². The monoisotopic (exact) mass is 420 g/mol. The standard InChI is InChI=1S/C20H15F3N2O3S/c21-20(22,23)16-3-1-2-15(12-16)13-4-8-17(9-5-13)25-19(26)14-6-10-18(11-7-14)29(24,27)28/h1-12H,(H,25,26)(H2,24,27,28). The molecule has 0 atom stereocenters. The van der Waals surface area contributed by atoms with Gasteiger partial charge in [-0.1, -0.05) is 24.3 Å². The Morgan fingerprint density at radius 2 is 1.48 bits per heavy atom. The number of benzene rings is 3. The van der Waals surface area contributed by atoms with Crippen molar-refractivity contribution in [2.24, 2.45) is 5.14 Å². The summed E-state index contributed by atoms with van der Waals surface area (Å²) >= 11 is 0. The molecular formula is C20H15F3N2O3S. The highest BCUT2D eigenvalue weighted by molar-refractivity contribution is 7.89. The molecule has 3 rings (SSSR count). The van der Waals surface area contributed by atoms with Crippen LogP contribution in [0.15, 0.2) is 77.7 Å². The molecule has 9 heteroatoms. The predicted octanol–water partition coefficient (Wildman–Crippen LogP) is 4.27. The number of carbonyl (C=O) groups is 1. The van der Waals surface area contributed by atoms with Crippen LogP contribution >= 0.6 is 0 Å². The number of amides is 1. The summed E-state index contributed by atoms with van der Waals surface area (Å²) in [6.07, 6.45) is -4.43. The Morgan fingerprint density at radius 3 is 2.03 bits per heavy atom. The Morgan fingerprint density at radius 1 is 0.862 bits per heavy atom. The number of hydrogen-bond donors (Lipinski definition) is 2. The number of nitrogens with one attached hydrogen (secondary N) is 1. The van der Waals surface area contributed by atoms with E-state index in [1.165, 1.54) is 30.3 Å². The van der Waals surface area contributed by atoms with E-state index >= 15 is 0 Å². The first-order chi connectivity index (χ1) is 13.5. The second-order valence-electron chi connectivity index (χ2n) is 6.18. The molecule has 0 bridgehead atoms. The van der Waals surface area contributed by atoms with Crippen molar-refractivity contribution in [3.8, 4) is 11.1 Å². The van der Waals surface area contributed by atoms with Crippen LogP contribution in [0.2, 0.25) is 0 Å². The highest BCUT2D eigenvalue weighted by atomic mass is 32.2. The summed E-state index contributed by atoms with van der Waals surface area (Å²) in [5.41, 5.74) is 0.874. The van der Waals surface area contributed by atoms with Crippen LogP contribution in [0.4, 0.5) is 18.9 Å². The molecule has 0 aliphatic heterocycles. The highest BCUT2D eigenvalue weighted by Gasteiger charge is 2.30. The lowest BCUT2D eigenvalue weighted by atomic mass is 10.0. The molecule has 0 aromatic heterocycles. The molecule has 0 radical (unpaired) electrons. The molecule has 0 saturated carbocycles. The van der Waals surface area contributed by atoms with Gasteiger partial charge in [-0.05, 0) is 59.7 Å². The molecule has 0 heterocycles. The van der Waals surface area contributed by atoms with Crippen LogP contribution in [0.25, 0.3) is 11.1 Å². The molecule has 150 valence electrons. The van der Waals surface area contributed by atoms with Crippen molar-refractivity contribution in [3.05, 3.63) is 83.9 Å². The zero-order valence-electron chi connectivity index (χ0n) is 14.8. The Labute approximate surface area is 165 Å². The summed E-state index contributed by atoms with van der Waals surface area (Å²) in [4.78, 5) is 12.2. The van der Waals surface area contributed by atoms with E-state index in [2.05, 4.69) is 5.32 Å². The third-order valence-corrected chi connectivity index (χ3v) is 5.04. The Balaban J connectivity index is 1.75. The number of alkyl halides is 3. The molecule has 29 heavy (non-hydrogen) atoms. The summed E-state index contributed by atoms with van der Waals surface area (Å²) in [5, 5.41) is 7.64. The van der Waals surface area contributed by atoms with Gasteiger partial charge in [0.2, 0.25) is 10.0 Å². The number of carbonyl (C=O) groups excluding carboxylic acids is 1. The number of primary sulfonamides is 1. The number of anilines is 1. The maximum atomic E-state index is 12.9. The van der Waals surface area contributed by atoms with Gasteiger partial charge in [0, 0.05) is 11.3 Å². The summed E-state index contributed by atoms with van der Waals surface area (Å²) in [6.45, 7) is 0. The van der Waals surface area contributed by atoms with E-state index in [1.54, 1.807) is 30.3 Å². The molecule has 0 spiro atoms. The fourth-order valence-electron chi connectivity index (χ4n) is 2.62.